The second-order valence-electron chi connectivity index (χ2n) is 23.8. The van der Waals surface area contributed by atoms with Crippen LogP contribution in [0.3, 0.4) is 0 Å². The van der Waals surface area contributed by atoms with Crippen molar-refractivity contribution in [3.05, 3.63) is 97.2 Å². The Hall–Kier alpha value is -3.67. The van der Waals surface area contributed by atoms with Gasteiger partial charge in [-0.25, -0.2) is 0 Å². The first kappa shape index (κ1) is 79.3. The highest BCUT2D eigenvalue weighted by molar-refractivity contribution is 5.71. The van der Waals surface area contributed by atoms with Crippen LogP contribution >= 0.6 is 0 Å². The summed E-state index contributed by atoms with van der Waals surface area (Å²) in [6.45, 7) is 6.54. The third-order valence-electron chi connectivity index (χ3n) is 15.6. The van der Waals surface area contributed by atoms with E-state index >= 15 is 0 Å². The van der Waals surface area contributed by atoms with Crippen LogP contribution in [0, 0.1) is 0 Å². The van der Waals surface area contributed by atoms with Crippen molar-refractivity contribution in [2.45, 2.75) is 361 Å². The molecule has 0 rings (SSSR count). The lowest BCUT2D eigenvalue weighted by Crippen LogP contribution is -2.30. The van der Waals surface area contributed by atoms with Crippen molar-refractivity contribution in [2.24, 2.45) is 0 Å². The van der Waals surface area contributed by atoms with Crippen molar-refractivity contribution in [2.75, 3.05) is 13.2 Å². The summed E-state index contributed by atoms with van der Waals surface area (Å²) in [5, 5.41) is 0. The quantitative estimate of drug-likeness (QED) is 0.0261. The largest absolute Gasteiger partial charge is 0.462 e. The molecule has 6 nitrogen and oxygen atoms in total. The highest BCUT2D eigenvalue weighted by atomic mass is 16.6. The second-order valence-corrected chi connectivity index (χ2v) is 23.8. The van der Waals surface area contributed by atoms with Crippen LogP contribution < -0.4 is 0 Å². The Morgan fingerprint density at radius 1 is 0.253 bits per heavy atom. The molecule has 0 bridgehead atoms. The van der Waals surface area contributed by atoms with E-state index in [1.807, 2.05) is 0 Å². The summed E-state index contributed by atoms with van der Waals surface area (Å²) in [5.74, 6) is -0.874. The van der Waals surface area contributed by atoms with Crippen LogP contribution in [0.5, 0.6) is 0 Å². The zero-order chi connectivity index (χ0) is 59.9. The molecule has 0 spiro atoms. The zero-order valence-corrected chi connectivity index (χ0v) is 54.9. The average molecular weight is 1160 g/mol. The summed E-state index contributed by atoms with van der Waals surface area (Å²) < 4.78 is 17.0. The molecule has 0 heterocycles. The third-order valence-corrected chi connectivity index (χ3v) is 15.6. The Morgan fingerprint density at radius 3 is 0.735 bits per heavy atom. The van der Waals surface area contributed by atoms with Gasteiger partial charge in [0.25, 0.3) is 0 Å². The fraction of sp³-hybridized carbons (Fsp3) is 0.753. The highest BCUT2D eigenvalue weighted by Crippen LogP contribution is 2.17. The Labute approximate surface area is 515 Å². The SMILES string of the molecule is CC/C=C\C/C=C\C/C=C\C/C=C\C/C=C\CCCCCCCCCCCCCCCCCCCC(=O)OCC(COC(=O)CCCCCCCCCCCCC)OC(=O)CCCCCCCC/C=C\C/C=C\C/C=C\CCCCCCC. The maximum absolute atomic E-state index is 12.9. The molecule has 478 valence electrons. The van der Waals surface area contributed by atoms with Gasteiger partial charge < -0.3 is 14.2 Å². The molecule has 0 radical (unpaired) electrons. The van der Waals surface area contributed by atoms with Gasteiger partial charge in [0, 0.05) is 19.3 Å². The lowest BCUT2D eigenvalue weighted by Gasteiger charge is -2.18. The van der Waals surface area contributed by atoms with Gasteiger partial charge in [-0.2, -0.15) is 0 Å². The molecule has 0 amide bonds. The van der Waals surface area contributed by atoms with E-state index in [9.17, 15) is 14.4 Å². The minimum Gasteiger partial charge on any atom is -0.462 e. The molecule has 1 unspecified atom stereocenters. The lowest BCUT2D eigenvalue weighted by molar-refractivity contribution is -0.167. The Kier molecular flexibility index (Phi) is 67.7. The van der Waals surface area contributed by atoms with Gasteiger partial charge >= 0.3 is 17.9 Å². The van der Waals surface area contributed by atoms with E-state index in [0.29, 0.717) is 19.3 Å². The van der Waals surface area contributed by atoms with Gasteiger partial charge in [0.1, 0.15) is 13.2 Å². The van der Waals surface area contributed by atoms with Crippen LogP contribution in [-0.2, 0) is 28.6 Å². The van der Waals surface area contributed by atoms with E-state index in [0.717, 1.165) is 116 Å². The van der Waals surface area contributed by atoms with Crippen LogP contribution in [0.4, 0.5) is 0 Å². The van der Waals surface area contributed by atoms with Crippen molar-refractivity contribution < 1.29 is 28.6 Å². The maximum Gasteiger partial charge on any atom is 0.306 e. The first-order valence-electron chi connectivity index (χ1n) is 35.7. The van der Waals surface area contributed by atoms with Crippen LogP contribution in [-0.4, -0.2) is 37.2 Å². The summed E-state index contributed by atoms with van der Waals surface area (Å²) >= 11 is 0. The smallest absolute Gasteiger partial charge is 0.306 e. The standard InChI is InChI=1S/C77H134O6/c1-4-7-10-13-16-19-22-24-26-28-30-32-33-34-35-36-37-38-39-40-41-42-43-45-46-48-50-52-55-58-61-64-67-70-76(79)82-73-74(72-81-75(78)69-66-63-60-57-54-21-18-15-12-9-6-3)83-77(80)71-68-65-62-59-56-53-51-49-47-44-31-29-27-25-23-20-17-14-11-8-5-2/h7,10,16,19,23-26,29-32,34-35,47,49,74H,4-6,8-9,11-15,17-18,20-22,27-28,33,36-46,48,50-73H2,1-3H3/b10-7-,19-16-,25-23-,26-24-,31-29-,32-30-,35-34-,49-47-. The summed E-state index contributed by atoms with van der Waals surface area (Å²) in [5.41, 5.74) is 0. The Balaban J connectivity index is 4.17. The Bertz CT molecular complexity index is 1610. The highest BCUT2D eigenvalue weighted by Gasteiger charge is 2.19. The van der Waals surface area contributed by atoms with E-state index in [-0.39, 0.29) is 31.1 Å². The van der Waals surface area contributed by atoms with Crippen molar-refractivity contribution in [1.82, 2.24) is 0 Å². The number of carbonyl (C=O) groups is 3. The minimum absolute atomic E-state index is 0.0778. The number of allylic oxidation sites excluding steroid dienone is 16. The molecule has 0 aromatic rings. The van der Waals surface area contributed by atoms with Crippen molar-refractivity contribution in [1.29, 1.82) is 0 Å². The number of hydrogen-bond acceptors (Lipinski definition) is 6. The number of esters is 3. The minimum atomic E-state index is -0.782. The molecule has 0 aliphatic rings. The van der Waals surface area contributed by atoms with Gasteiger partial charge in [-0.3, -0.25) is 14.4 Å². The lowest BCUT2D eigenvalue weighted by atomic mass is 10.0. The van der Waals surface area contributed by atoms with Gasteiger partial charge in [-0.15, -0.1) is 0 Å². The number of carbonyl (C=O) groups excluding carboxylic acids is 3. The van der Waals surface area contributed by atoms with Gasteiger partial charge in [-0.05, 0) is 103 Å². The molecule has 0 aromatic carbocycles. The molecule has 0 aliphatic heterocycles. The molecular weight excluding hydrogens is 1020 g/mol. The molecular formula is C77H134O6. The zero-order valence-electron chi connectivity index (χ0n) is 54.9. The third kappa shape index (κ3) is 69.0. The van der Waals surface area contributed by atoms with E-state index in [1.54, 1.807) is 0 Å². The number of unbranched alkanes of at least 4 members (excludes halogenated alkanes) is 38. The van der Waals surface area contributed by atoms with E-state index in [4.69, 9.17) is 14.2 Å². The van der Waals surface area contributed by atoms with Crippen LogP contribution in [0.15, 0.2) is 97.2 Å². The maximum atomic E-state index is 12.9. The number of hydrogen-bond donors (Lipinski definition) is 0. The molecule has 0 saturated carbocycles. The predicted octanol–water partition coefficient (Wildman–Crippen LogP) is 24.8. The number of ether oxygens (including phenoxy) is 3. The van der Waals surface area contributed by atoms with Gasteiger partial charge in [0.2, 0.25) is 0 Å². The van der Waals surface area contributed by atoms with Gasteiger partial charge in [0.15, 0.2) is 6.10 Å². The molecule has 1 atom stereocenters. The molecule has 0 aliphatic carbocycles. The molecule has 6 heteroatoms. The topological polar surface area (TPSA) is 78.9 Å². The van der Waals surface area contributed by atoms with Crippen molar-refractivity contribution in [3.63, 3.8) is 0 Å². The molecule has 0 aromatic heterocycles. The first-order chi connectivity index (χ1) is 41.0. The van der Waals surface area contributed by atoms with Gasteiger partial charge in [-0.1, -0.05) is 330 Å². The van der Waals surface area contributed by atoms with Gasteiger partial charge in [0.05, 0.1) is 0 Å². The monoisotopic (exact) mass is 1160 g/mol. The second kappa shape index (κ2) is 70.8. The van der Waals surface area contributed by atoms with E-state index in [1.165, 1.54) is 199 Å². The van der Waals surface area contributed by atoms with E-state index in [2.05, 4.69) is 118 Å². The normalized spacial score (nSPS) is 12.7. The first-order valence-corrected chi connectivity index (χ1v) is 35.7. The molecule has 83 heavy (non-hydrogen) atoms. The fourth-order valence-electron chi connectivity index (χ4n) is 10.2. The number of rotatable bonds is 65. The average Bonchev–Trinajstić information content (AvgIpc) is 3.48. The van der Waals surface area contributed by atoms with E-state index < -0.39 is 6.10 Å². The Morgan fingerprint density at radius 2 is 0.470 bits per heavy atom. The summed E-state index contributed by atoms with van der Waals surface area (Å²) in [4.78, 5) is 38.4. The van der Waals surface area contributed by atoms with Crippen LogP contribution in [0.25, 0.3) is 0 Å². The molecule has 0 saturated heterocycles. The fourth-order valence-corrected chi connectivity index (χ4v) is 10.2. The predicted molar refractivity (Wildman–Crippen MR) is 362 cm³/mol. The molecule has 0 N–H and O–H groups in total. The van der Waals surface area contributed by atoms with Crippen LogP contribution in [0.1, 0.15) is 355 Å². The van der Waals surface area contributed by atoms with Crippen molar-refractivity contribution in [3.8, 4) is 0 Å². The van der Waals surface area contributed by atoms with Crippen LogP contribution in [0.2, 0.25) is 0 Å². The van der Waals surface area contributed by atoms with Crippen molar-refractivity contribution >= 4 is 17.9 Å². The summed E-state index contributed by atoms with van der Waals surface area (Å²) in [6.07, 6.45) is 95.9. The summed E-state index contributed by atoms with van der Waals surface area (Å²) in [7, 11) is 0. The molecule has 0 fully saturated rings. The summed E-state index contributed by atoms with van der Waals surface area (Å²) in [6, 6.07) is 0.